The third-order valence-electron chi connectivity index (χ3n) is 7.80. The van der Waals surface area contributed by atoms with E-state index in [0.29, 0.717) is 12.3 Å². The van der Waals surface area contributed by atoms with Crippen molar-refractivity contribution >= 4 is 28.4 Å². The van der Waals surface area contributed by atoms with Gasteiger partial charge in [0.05, 0.1) is 39.7 Å². The van der Waals surface area contributed by atoms with Crippen LogP contribution < -0.4 is 19.5 Å². The van der Waals surface area contributed by atoms with E-state index in [0.717, 1.165) is 44.8 Å². The van der Waals surface area contributed by atoms with Gasteiger partial charge in [-0.2, -0.15) is 0 Å². The minimum absolute atomic E-state index is 0.171. The molecule has 1 saturated heterocycles. The number of amides is 2. The van der Waals surface area contributed by atoms with Crippen molar-refractivity contribution in [1.82, 2.24) is 9.88 Å². The normalized spacial score (nSPS) is 20.5. The highest BCUT2D eigenvalue weighted by Crippen LogP contribution is 2.49. The molecule has 1 aromatic heterocycles. The fourth-order valence-corrected chi connectivity index (χ4v) is 5.84. The molecule has 2 aliphatic rings. The number of aromatic amines is 1. The molecule has 3 heterocycles. The molecule has 2 N–H and O–H groups in total. The molecule has 3 atom stereocenters. The number of rotatable bonds is 7. The number of hydrogen-bond acceptors (Lipinski definition) is 6. The first-order valence-corrected chi connectivity index (χ1v) is 12.6. The van der Waals surface area contributed by atoms with E-state index in [1.165, 1.54) is 4.90 Å². The SMILES string of the molecule is COc1ccc(CN2C(=O)C(c3c[nH]c4ccc(OC)cc34)C(C3CNc4ccc(OC)cc43)C2=O)cc1. The van der Waals surface area contributed by atoms with Gasteiger partial charge in [-0.15, -0.1) is 0 Å². The zero-order chi connectivity index (χ0) is 26.4. The summed E-state index contributed by atoms with van der Waals surface area (Å²) in [6.07, 6.45) is 1.86. The smallest absolute Gasteiger partial charge is 0.237 e. The highest BCUT2D eigenvalue weighted by Gasteiger charge is 2.53. The highest BCUT2D eigenvalue weighted by molar-refractivity contribution is 6.10. The summed E-state index contributed by atoms with van der Waals surface area (Å²) in [5, 5.41) is 4.31. The molecule has 0 saturated carbocycles. The van der Waals surface area contributed by atoms with Gasteiger partial charge in [0, 0.05) is 35.2 Å². The number of H-pyrrole nitrogens is 1. The zero-order valence-electron chi connectivity index (χ0n) is 21.5. The average Bonchev–Trinajstić information content (AvgIpc) is 3.63. The first-order chi connectivity index (χ1) is 18.5. The van der Waals surface area contributed by atoms with E-state index < -0.39 is 11.8 Å². The lowest BCUT2D eigenvalue weighted by Gasteiger charge is -2.22. The van der Waals surface area contributed by atoms with Gasteiger partial charge in [-0.1, -0.05) is 12.1 Å². The maximum Gasteiger partial charge on any atom is 0.237 e. The average molecular weight is 512 g/mol. The van der Waals surface area contributed by atoms with Gasteiger partial charge in [-0.25, -0.2) is 0 Å². The number of aromatic nitrogens is 1. The van der Waals surface area contributed by atoms with Crippen LogP contribution >= 0.6 is 0 Å². The van der Waals surface area contributed by atoms with Crippen molar-refractivity contribution in [2.24, 2.45) is 5.92 Å². The van der Waals surface area contributed by atoms with Crippen molar-refractivity contribution < 1.29 is 23.8 Å². The Hall–Kier alpha value is -4.46. The molecule has 2 amide bonds. The van der Waals surface area contributed by atoms with Gasteiger partial charge < -0.3 is 24.5 Å². The Morgan fingerprint density at radius 1 is 0.816 bits per heavy atom. The van der Waals surface area contributed by atoms with Crippen molar-refractivity contribution in [1.29, 1.82) is 0 Å². The summed E-state index contributed by atoms with van der Waals surface area (Å²) in [7, 11) is 4.85. The Balaban J connectivity index is 1.45. The number of hydrogen-bond donors (Lipinski definition) is 2. The lowest BCUT2D eigenvalue weighted by molar-refractivity contribution is -0.140. The number of benzene rings is 3. The molecule has 3 unspecified atom stereocenters. The van der Waals surface area contributed by atoms with Gasteiger partial charge in [0.25, 0.3) is 0 Å². The van der Waals surface area contributed by atoms with Crippen LogP contribution in [0, 0.1) is 5.92 Å². The van der Waals surface area contributed by atoms with Crippen LogP contribution in [-0.2, 0) is 16.1 Å². The minimum Gasteiger partial charge on any atom is -0.497 e. The number of fused-ring (bicyclic) bond motifs is 2. The molecule has 8 heteroatoms. The fourth-order valence-electron chi connectivity index (χ4n) is 5.84. The minimum atomic E-state index is -0.648. The predicted molar refractivity (Wildman–Crippen MR) is 144 cm³/mol. The van der Waals surface area contributed by atoms with Crippen LogP contribution in [0.5, 0.6) is 17.2 Å². The van der Waals surface area contributed by atoms with E-state index in [4.69, 9.17) is 14.2 Å². The van der Waals surface area contributed by atoms with Gasteiger partial charge in [-0.05, 0) is 65.2 Å². The largest absolute Gasteiger partial charge is 0.497 e. The predicted octanol–water partition coefficient (Wildman–Crippen LogP) is 4.67. The van der Waals surface area contributed by atoms with Gasteiger partial charge in [-0.3, -0.25) is 14.5 Å². The van der Waals surface area contributed by atoms with E-state index >= 15 is 0 Å². The molecule has 6 rings (SSSR count). The number of carbonyl (C=O) groups excluding carboxylic acids is 2. The second-order valence-electron chi connectivity index (χ2n) is 9.71. The molecule has 38 heavy (non-hydrogen) atoms. The molecule has 194 valence electrons. The van der Waals surface area contributed by atoms with Crippen molar-refractivity contribution in [3.8, 4) is 17.2 Å². The fraction of sp³-hybridized carbons (Fsp3) is 0.267. The number of carbonyl (C=O) groups is 2. The number of anilines is 1. The lowest BCUT2D eigenvalue weighted by Crippen LogP contribution is -2.31. The van der Waals surface area contributed by atoms with Crippen molar-refractivity contribution in [3.05, 3.63) is 83.6 Å². The molecular weight excluding hydrogens is 482 g/mol. The van der Waals surface area contributed by atoms with Gasteiger partial charge in [0.1, 0.15) is 17.2 Å². The number of nitrogens with zero attached hydrogens (tertiary/aromatic N) is 1. The number of imide groups is 1. The van der Waals surface area contributed by atoms with E-state index in [1.54, 1.807) is 21.3 Å². The lowest BCUT2D eigenvalue weighted by atomic mass is 9.77. The van der Waals surface area contributed by atoms with Crippen molar-refractivity contribution in [2.75, 3.05) is 33.2 Å². The number of methoxy groups -OCH3 is 3. The van der Waals surface area contributed by atoms with Crippen molar-refractivity contribution in [3.63, 3.8) is 0 Å². The molecule has 1 fully saturated rings. The third-order valence-corrected chi connectivity index (χ3v) is 7.80. The summed E-state index contributed by atoms with van der Waals surface area (Å²) in [5.74, 6) is 0.345. The van der Waals surface area contributed by atoms with Gasteiger partial charge in [0.2, 0.25) is 11.8 Å². The van der Waals surface area contributed by atoms with Crippen LogP contribution in [0.25, 0.3) is 10.9 Å². The number of likely N-dealkylation sites (tertiary alicyclic amines) is 1. The molecule has 0 bridgehead atoms. The standard InChI is InChI=1S/C30H29N3O5/c1-36-18-6-4-17(5-7-18)16-33-29(34)27(23-14-31-25-10-8-19(37-2)12-21(23)25)28(30(33)35)24-15-32-26-11-9-20(38-3)13-22(24)26/h4-14,24,27-28,31-32H,15-16H2,1-3H3. The highest BCUT2D eigenvalue weighted by atomic mass is 16.5. The number of ether oxygens (including phenoxy) is 3. The molecule has 0 aliphatic carbocycles. The molecule has 8 nitrogen and oxygen atoms in total. The van der Waals surface area contributed by atoms with Crippen LogP contribution in [0.2, 0.25) is 0 Å². The number of nitrogens with one attached hydrogen (secondary N) is 2. The van der Waals surface area contributed by atoms with E-state index in [9.17, 15) is 9.59 Å². The Morgan fingerprint density at radius 2 is 1.50 bits per heavy atom. The quantitative estimate of drug-likeness (QED) is 0.350. The van der Waals surface area contributed by atoms with Crippen LogP contribution in [0.15, 0.2) is 66.9 Å². The second-order valence-corrected chi connectivity index (χ2v) is 9.71. The zero-order valence-corrected chi connectivity index (χ0v) is 21.5. The van der Waals surface area contributed by atoms with E-state index in [2.05, 4.69) is 10.3 Å². The summed E-state index contributed by atoms with van der Waals surface area (Å²) in [6, 6.07) is 19.0. The topological polar surface area (TPSA) is 92.9 Å². The van der Waals surface area contributed by atoms with Crippen molar-refractivity contribution in [2.45, 2.75) is 18.4 Å². The molecule has 4 aromatic rings. The van der Waals surface area contributed by atoms with Crippen LogP contribution in [0.1, 0.15) is 28.5 Å². The summed E-state index contributed by atoms with van der Waals surface area (Å²) in [6.45, 7) is 0.760. The molecule has 0 radical (unpaired) electrons. The molecule has 2 aliphatic heterocycles. The van der Waals surface area contributed by atoms with Gasteiger partial charge >= 0.3 is 0 Å². The Kier molecular flexibility index (Phi) is 5.94. The van der Waals surface area contributed by atoms with E-state index in [-0.39, 0.29) is 24.3 Å². The summed E-state index contributed by atoms with van der Waals surface area (Å²) >= 11 is 0. The van der Waals surface area contributed by atoms with E-state index in [1.807, 2.05) is 66.9 Å². The molecule has 3 aromatic carbocycles. The first kappa shape index (κ1) is 23.9. The molecule has 0 spiro atoms. The maximum absolute atomic E-state index is 14.1. The first-order valence-electron chi connectivity index (χ1n) is 12.6. The summed E-state index contributed by atoms with van der Waals surface area (Å²) in [4.78, 5) is 33.0. The monoisotopic (exact) mass is 511 g/mol. The van der Waals surface area contributed by atoms with Crippen LogP contribution in [0.3, 0.4) is 0 Å². The second kappa shape index (κ2) is 9.45. The van der Waals surface area contributed by atoms with Gasteiger partial charge in [0.15, 0.2) is 0 Å². The molecular formula is C30H29N3O5. The van der Waals surface area contributed by atoms with Crippen LogP contribution in [0.4, 0.5) is 5.69 Å². The summed E-state index contributed by atoms with van der Waals surface area (Å²) < 4.78 is 16.2. The Labute approximate surface area is 220 Å². The van der Waals surface area contributed by atoms with Crippen LogP contribution in [-0.4, -0.2) is 49.6 Å². The Bertz CT molecular complexity index is 1530. The maximum atomic E-state index is 14.1. The Morgan fingerprint density at radius 3 is 2.24 bits per heavy atom. The summed E-state index contributed by atoms with van der Waals surface area (Å²) in [5.41, 5.74) is 4.50. The third kappa shape index (κ3) is 3.84.